The van der Waals surface area contributed by atoms with Crippen LogP contribution in [0.4, 0.5) is 0 Å². The van der Waals surface area contributed by atoms with Gasteiger partial charge in [-0.15, -0.1) is 0 Å². The lowest BCUT2D eigenvalue weighted by Crippen LogP contribution is -2.23. The molecule has 2 aromatic rings. The van der Waals surface area contributed by atoms with E-state index in [0.29, 0.717) is 5.71 Å². The van der Waals surface area contributed by atoms with Crippen LogP contribution in [0.25, 0.3) is 0 Å². The molecule has 1 amide bonds. The average Bonchev–Trinajstić information content (AvgIpc) is 3.50. The summed E-state index contributed by atoms with van der Waals surface area (Å²) < 4.78 is 27.4. The number of nitrogens with zero attached hydrogens (tertiary/aromatic N) is 1. The van der Waals surface area contributed by atoms with Crippen molar-refractivity contribution in [3.8, 4) is 0 Å². The molecule has 6 nitrogen and oxygen atoms in total. The topological polar surface area (TPSA) is 87.6 Å². The maximum atomic E-state index is 12.4. The van der Waals surface area contributed by atoms with Gasteiger partial charge in [-0.1, -0.05) is 42.5 Å². The first-order valence-corrected chi connectivity index (χ1v) is 9.92. The van der Waals surface area contributed by atoms with Crippen molar-refractivity contribution in [3.63, 3.8) is 0 Å². The second kappa shape index (κ2) is 7.80. The van der Waals surface area contributed by atoms with Crippen molar-refractivity contribution in [1.82, 2.24) is 10.1 Å². The highest BCUT2D eigenvalue weighted by molar-refractivity contribution is 7.89. The predicted octanol–water partition coefficient (Wildman–Crippen LogP) is 2.42. The summed E-state index contributed by atoms with van der Waals surface area (Å²) in [5.41, 5.74) is 4.81. The van der Waals surface area contributed by atoms with Gasteiger partial charge in [-0.05, 0) is 43.0 Å². The fourth-order valence-electron chi connectivity index (χ4n) is 2.37. The van der Waals surface area contributed by atoms with E-state index in [1.54, 1.807) is 19.1 Å². The van der Waals surface area contributed by atoms with E-state index in [-0.39, 0.29) is 23.3 Å². The molecule has 0 spiro atoms. The third-order valence-electron chi connectivity index (χ3n) is 4.17. The molecule has 0 atom stereocenters. The minimum atomic E-state index is -3.59. The van der Waals surface area contributed by atoms with Crippen LogP contribution in [-0.4, -0.2) is 20.0 Å². The molecule has 2 aromatic carbocycles. The highest BCUT2D eigenvalue weighted by Crippen LogP contribution is 2.28. The number of carbonyl (C=O) groups is 1. The second-order valence-electron chi connectivity index (χ2n) is 6.28. The average molecular weight is 371 g/mol. The van der Waals surface area contributed by atoms with Crippen molar-refractivity contribution in [3.05, 3.63) is 65.7 Å². The van der Waals surface area contributed by atoms with Gasteiger partial charge in [0.15, 0.2) is 0 Å². The van der Waals surface area contributed by atoms with Crippen LogP contribution in [0.2, 0.25) is 0 Å². The first-order valence-electron chi connectivity index (χ1n) is 8.44. The van der Waals surface area contributed by atoms with Gasteiger partial charge in [0.25, 0.3) is 0 Å². The van der Waals surface area contributed by atoms with E-state index in [1.165, 1.54) is 12.1 Å². The molecule has 0 heterocycles. The van der Waals surface area contributed by atoms with Crippen molar-refractivity contribution in [2.45, 2.75) is 31.2 Å². The zero-order valence-corrected chi connectivity index (χ0v) is 15.3. The van der Waals surface area contributed by atoms with Gasteiger partial charge in [-0.2, -0.15) is 5.10 Å². The Hall–Kier alpha value is -2.51. The monoisotopic (exact) mass is 371 g/mol. The summed E-state index contributed by atoms with van der Waals surface area (Å²) in [5.74, 6) is 0.0309. The van der Waals surface area contributed by atoms with E-state index in [1.807, 2.05) is 30.3 Å². The summed E-state index contributed by atoms with van der Waals surface area (Å²) >= 11 is 0. The van der Waals surface area contributed by atoms with E-state index in [0.717, 1.165) is 24.0 Å². The van der Waals surface area contributed by atoms with Gasteiger partial charge in [0, 0.05) is 12.5 Å². The molecular formula is C19H21N3O3S. The molecule has 0 unspecified atom stereocenters. The Bertz CT molecular complexity index is 903. The number of hydrogen-bond acceptors (Lipinski definition) is 4. The predicted molar refractivity (Wildman–Crippen MR) is 100.0 cm³/mol. The molecule has 0 radical (unpaired) electrons. The SMILES string of the molecule is C/C(=N/NC(=O)C1CC1)c1ccc(S(=O)(=O)NCc2ccccc2)cc1. The van der Waals surface area contributed by atoms with Crippen molar-refractivity contribution in [1.29, 1.82) is 0 Å². The van der Waals surface area contributed by atoms with E-state index in [4.69, 9.17) is 0 Å². The summed E-state index contributed by atoms with van der Waals surface area (Å²) in [6.07, 6.45) is 1.84. The maximum absolute atomic E-state index is 12.4. The molecule has 2 N–H and O–H groups in total. The summed E-state index contributed by atoms with van der Waals surface area (Å²) in [5, 5.41) is 4.08. The lowest BCUT2D eigenvalue weighted by atomic mass is 10.1. The zero-order chi connectivity index (χ0) is 18.6. The molecule has 7 heteroatoms. The summed E-state index contributed by atoms with van der Waals surface area (Å²) in [7, 11) is -3.59. The van der Waals surface area contributed by atoms with Crippen LogP contribution in [0, 0.1) is 5.92 Å². The molecular weight excluding hydrogens is 350 g/mol. The van der Waals surface area contributed by atoms with Crippen molar-refractivity contribution in [2.24, 2.45) is 11.0 Å². The first kappa shape index (κ1) is 18.3. The second-order valence-corrected chi connectivity index (χ2v) is 8.05. The minimum absolute atomic E-state index is 0.0614. The normalized spacial score (nSPS) is 14.9. The van der Waals surface area contributed by atoms with Gasteiger partial charge in [0.2, 0.25) is 15.9 Å². The number of sulfonamides is 1. The summed E-state index contributed by atoms with van der Waals surface area (Å²) in [6.45, 7) is 2.00. The molecule has 136 valence electrons. The van der Waals surface area contributed by atoms with Gasteiger partial charge in [-0.3, -0.25) is 4.79 Å². The standard InChI is InChI=1S/C19H21N3O3S/c1-14(21-22-19(23)17-7-8-17)16-9-11-18(12-10-16)26(24,25)20-13-15-5-3-2-4-6-15/h2-6,9-12,17,20H,7-8,13H2,1H3,(H,22,23)/b21-14-. The van der Waals surface area contributed by atoms with E-state index >= 15 is 0 Å². The van der Waals surface area contributed by atoms with Crippen molar-refractivity contribution >= 4 is 21.6 Å². The van der Waals surface area contributed by atoms with Gasteiger partial charge in [-0.25, -0.2) is 18.6 Å². The Kier molecular flexibility index (Phi) is 5.49. The zero-order valence-electron chi connectivity index (χ0n) is 14.5. The highest BCUT2D eigenvalue weighted by atomic mass is 32.2. The third kappa shape index (κ3) is 4.77. The molecule has 0 aromatic heterocycles. The molecule has 1 saturated carbocycles. The van der Waals surface area contributed by atoms with Gasteiger partial charge in [0.05, 0.1) is 10.6 Å². The molecule has 0 bridgehead atoms. The Morgan fingerprint density at radius 3 is 2.35 bits per heavy atom. The van der Waals surface area contributed by atoms with Crippen molar-refractivity contribution in [2.75, 3.05) is 0 Å². The number of amides is 1. The van der Waals surface area contributed by atoms with E-state index < -0.39 is 10.0 Å². The molecule has 0 saturated heterocycles. The fourth-order valence-corrected chi connectivity index (χ4v) is 3.39. The third-order valence-corrected chi connectivity index (χ3v) is 5.59. The lowest BCUT2D eigenvalue weighted by molar-refractivity contribution is -0.122. The van der Waals surface area contributed by atoms with Gasteiger partial charge < -0.3 is 0 Å². The Morgan fingerprint density at radius 1 is 1.08 bits per heavy atom. The molecule has 1 aliphatic rings. The van der Waals surface area contributed by atoms with E-state index in [2.05, 4.69) is 15.2 Å². The fraction of sp³-hybridized carbons (Fsp3) is 0.263. The molecule has 26 heavy (non-hydrogen) atoms. The van der Waals surface area contributed by atoms with Crippen LogP contribution < -0.4 is 10.1 Å². The Morgan fingerprint density at radius 2 is 1.73 bits per heavy atom. The van der Waals surface area contributed by atoms with E-state index in [9.17, 15) is 13.2 Å². The number of hydrazone groups is 1. The molecule has 1 aliphatic carbocycles. The van der Waals surface area contributed by atoms with Crippen LogP contribution in [0.1, 0.15) is 30.9 Å². The summed E-state index contributed by atoms with van der Waals surface area (Å²) in [6, 6.07) is 15.8. The molecule has 0 aliphatic heterocycles. The number of benzene rings is 2. The Balaban J connectivity index is 1.63. The smallest absolute Gasteiger partial charge is 0.243 e. The van der Waals surface area contributed by atoms with Crippen LogP contribution >= 0.6 is 0 Å². The van der Waals surface area contributed by atoms with Crippen molar-refractivity contribution < 1.29 is 13.2 Å². The molecule has 1 fully saturated rings. The Labute approximate surface area is 153 Å². The minimum Gasteiger partial charge on any atom is -0.273 e. The maximum Gasteiger partial charge on any atom is 0.243 e. The van der Waals surface area contributed by atoms with Gasteiger partial charge in [0.1, 0.15) is 0 Å². The quantitative estimate of drug-likeness (QED) is 0.579. The van der Waals surface area contributed by atoms with Crippen LogP contribution in [0.15, 0.2) is 64.6 Å². The van der Waals surface area contributed by atoms with Crippen LogP contribution in [0.5, 0.6) is 0 Å². The lowest BCUT2D eigenvalue weighted by Gasteiger charge is -2.08. The van der Waals surface area contributed by atoms with Crippen LogP contribution in [-0.2, 0) is 21.4 Å². The number of rotatable bonds is 7. The number of hydrogen-bond donors (Lipinski definition) is 2. The van der Waals surface area contributed by atoms with Gasteiger partial charge >= 0.3 is 0 Å². The number of carbonyl (C=O) groups excluding carboxylic acids is 1. The first-order chi connectivity index (χ1) is 12.5. The van der Waals surface area contributed by atoms with Crippen LogP contribution in [0.3, 0.4) is 0 Å². The highest BCUT2D eigenvalue weighted by Gasteiger charge is 2.29. The number of nitrogens with one attached hydrogen (secondary N) is 2. The summed E-state index contributed by atoms with van der Waals surface area (Å²) in [4.78, 5) is 11.8. The largest absolute Gasteiger partial charge is 0.273 e. The molecule has 3 rings (SSSR count).